The van der Waals surface area contributed by atoms with E-state index in [9.17, 15) is 19.8 Å². The lowest BCUT2D eigenvalue weighted by molar-refractivity contribution is -0.268. The zero-order valence-electron chi connectivity index (χ0n) is 30.1. The van der Waals surface area contributed by atoms with Gasteiger partial charge in [-0.15, -0.1) is 11.8 Å². The van der Waals surface area contributed by atoms with Crippen LogP contribution >= 0.6 is 11.8 Å². The monoisotopic (exact) mass is 732 g/mol. The van der Waals surface area contributed by atoms with Crippen LogP contribution in [0.1, 0.15) is 90.5 Å². The third-order valence-electron chi connectivity index (χ3n) is 11.9. The molecule has 4 N–H and O–H groups in total. The quantitative estimate of drug-likeness (QED) is 0.114. The van der Waals surface area contributed by atoms with E-state index in [0.717, 1.165) is 75.3 Å². The highest BCUT2D eigenvalue weighted by Gasteiger charge is 2.51. The van der Waals surface area contributed by atoms with Crippen molar-refractivity contribution in [1.29, 1.82) is 0 Å². The molecule has 8 nitrogen and oxygen atoms in total. The first kappa shape index (κ1) is 35.9. The molecule has 0 radical (unpaired) electrons. The molecule has 276 valence electrons. The largest absolute Gasteiger partial charge is 0.478 e. The molecule has 9 heteroatoms. The van der Waals surface area contributed by atoms with Crippen molar-refractivity contribution < 1.29 is 29.3 Å². The summed E-state index contributed by atoms with van der Waals surface area (Å²) < 4.78 is 13.4. The molecule has 4 unspecified atom stereocenters. The topological polar surface area (TPSA) is 117 Å². The number of rotatable bonds is 11. The highest BCUT2D eigenvalue weighted by molar-refractivity contribution is 7.99. The zero-order valence-corrected chi connectivity index (χ0v) is 30.9. The molecule has 4 saturated carbocycles. The average molecular weight is 733 g/mol. The molecule has 5 fully saturated rings. The Morgan fingerprint density at radius 1 is 0.792 bits per heavy atom. The number of urea groups is 1. The summed E-state index contributed by atoms with van der Waals surface area (Å²) in [6.07, 6.45) is 6.40. The van der Waals surface area contributed by atoms with Gasteiger partial charge in [0.1, 0.15) is 0 Å². The van der Waals surface area contributed by atoms with Gasteiger partial charge >= 0.3 is 12.0 Å². The lowest BCUT2D eigenvalue weighted by Gasteiger charge is -2.56. The SMILES string of the molecule is CC1C(CSc2ccc(C(=O)O)cc2)OC(c2cccc(-c3cccc(CNC(=O)NC45CC6CC(CC(C6)C4)C5)c3)c2)OC1c1ccc(CO)cc1. The van der Waals surface area contributed by atoms with Gasteiger partial charge in [0.15, 0.2) is 6.29 Å². The second-order valence-electron chi connectivity index (χ2n) is 15.8. The summed E-state index contributed by atoms with van der Waals surface area (Å²) in [6.45, 7) is 2.57. The standard InChI is InChI=1S/C44H48N2O6S/c1-27-39(26-53-38-14-12-34(13-15-38)41(48)49)51-42(52-40(27)33-10-8-28(25-47)9-11-33)37-7-3-6-36(20-37)35-5-2-4-29(19-35)24-45-43(50)46-44-21-30-16-31(22-44)18-32(17-30)23-44/h2-15,19-20,27,30-32,39-40,42,47H,16-18,21-26H2,1H3,(H,48,49)(H2,45,46,50). The van der Waals surface area contributed by atoms with Gasteiger partial charge in [-0.3, -0.25) is 0 Å². The number of ether oxygens (including phenoxy) is 2. The van der Waals surface area contributed by atoms with E-state index in [-0.39, 0.29) is 41.9 Å². The summed E-state index contributed by atoms with van der Waals surface area (Å²) in [7, 11) is 0. The van der Waals surface area contributed by atoms with Gasteiger partial charge < -0.3 is 30.3 Å². The molecule has 2 amide bonds. The van der Waals surface area contributed by atoms with Gasteiger partial charge in [0.2, 0.25) is 0 Å². The number of aromatic carboxylic acids is 1. The molecule has 9 rings (SSSR count). The molecule has 5 aliphatic rings. The van der Waals surface area contributed by atoms with Crippen LogP contribution in [-0.2, 0) is 22.6 Å². The van der Waals surface area contributed by atoms with Crippen LogP contribution in [0.4, 0.5) is 4.79 Å². The Bertz CT molecular complexity index is 1900. The van der Waals surface area contributed by atoms with Crippen molar-refractivity contribution in [3.05, 3.63) is 125 Å². The van der Waals surface area contributed by atoms with Crippen LogP contribution in [0.2, 0.25) is 0 Å². The fourth-order valence-electron chi connectivity index (χ4n) is 9.64. The number of aliphatic hydroxyl groups excluding tert-OH is 1. The van der Waals surface area contributed by atoms with Crippen molar-refractivity contribution in [2.75, 3.05) is 5.75 Å². The lowest BCUT2D eigenvalue weighted by Crippen LogP contribution is -2.61. The van der Waals surface area contributed by atoms with E-state index in [2.05, 4.69) is 47.9 Å². The van der Waals surface area contributed by atoms with Crippen LogP contribution in [0.15, 0.2) is 102 Å². The van der Waals surface area contributed by atoms with Crippen molar-refractivity contribution in [3.8, 4) is 11.1 Å². The predicted molar refractivity (Wildman–Crippen MR) is 205 cm³/mol. The van der Waals surface area contributed by atoms with Crippen molar-refractivity contribution >= 4 is 23.8 Å². The molecule has 0 spiro atoms. The second-order valence-corrected chi connectivity index (χ2v) is 16.9. The van der Waals surface area contributed by atoms with E-state index in [1.165, 1.54) is 19.3 Å². The Hall–Kier alpha value is -4.15. The van der Waals surface area contributed by atoms with Crippen LogP contribution < -0.4 is 10.6 Å². The minimum atomic E-state index is -0.943. The summed E-state index contributed by atoms with van der Waals surface area (Å²) >= 11 is 1.63. The van der Waals surface area contributed by atoms with Crippen molar-refractivity contribution in [1.82, 2.24) is 10.6 Å². The van der Waals surface area contributed by atoms with Crippen molar-refractivity contribution in [3.63, 3.8) is 0 Å². The fourth-order valence-corrected chi connectivity index (χ4v) is 10.7. The lowest BCUT2D eigenvalue weighted by atomic mass is 9.53. The summed E-state index contributed by atoms with van der Waals surface area (Å²) in [5.74, 6) is 2.07. The maximum atomic E-state index is 13.2. The number of carbonyl (C=O) groups is 2. The van der Waals surface area contributed by atoms with Crippen molar-refractivity contribution in [2.45, 2.75) is 87.5 Å². The molecule has 4 atom stereocenters. The summed E-state index contributed by atoms with van der Waals surface area (Å²) in [5.41, 5.74) is 6.12. The number of nitrogens with one attached hydrogen (secondary N) is 2. The molecule has 4 bridgehead atoms. The van der Waals surface area contributed by atoms with Gasteiger partial charge in [0.05, 0.1) is 24.4 Å². The number of thioether (sulfide) groups is 1. The Labute approximate surface area is 315 Å². The van der Waals surface area contributed by atoms with Gasteiger partial charge in [0.25, 0.3) is 0 Å². The van der Waals surface area contributed by atoms with Gasteiger partial charge in [-0.2, -0.15) is 0 Å². The summed E-state index contributed by atoms with van der Waals surface area (Å²) in [5, 5.41) is 25.5. The normalized spacial score (nSPS) is 28.8. The highest BCUT2D eigenvalue weighted by Crippen LogP contribution is 2.55. The number of amides is 2. The van der Waals surface area contributed by atoms with Gasteiger partial charge in [-0.25, -0.2) is 9.59 Å². The second kappa shape index (κ2) is 15.3. The molecule has 1 heterocycles. The number of benzene rings is 4. The summed E-state index contributed by atoms with van der Waals surface area (Å²) in [4.78, 5) is 25.5. The third-order valence-corrected chi connectivity index (χ3v) is 13.0. The van der Waals surface area contributed by atoms with Crippen LogP contribution in [-0.4, -0.2) is 39.6 Å². The third kappa shape index (κ3) is 8.04. The molecule has 1 saturated heterocycles. The minimum absolute atomic E-state index is 0.0181. The Balaban J connectivity index is 0.965. The van der Waals surface area contributed by atoms with E-state index >= 15 is 0 Å². The van der Waals surface area contributed by atoms with Crippen LogP contribution in [0.25, 0.3) is 11.1 Å². The number of carbonyl (C=O) groups excluding carboxylic acids is 1. The molecule has 0 aromatic heterocycles. The van der Waals surface area contributed by atoms with Gasteiger partial charge in [0, 0.05) is 34.2 Å². The maximum absolute atomic E-state index is 13.2. The van der Waals surface area contributed by atoms with Crippen LogP contribution in [0, 0.1) is 23.7 Å². The van der Waals surface area contributed by atoms with E-state index in [1.54, 1.807) is 23.9 Å². The first-order valence-corrected chi connectivity index (χ1v) is 19.9. The molecule has 4 aromatic carbocycles. The van der Waals surface area contributed by atoms with Crippen LogP contribution in [0.3, 0.4) is 0 Å². The first-order valence-electron chi connectivity index (χ1n) is 18.9. The molecular formula is C44H48N2O6S. The molecule has 53 heavy (non-hydrogen) atoms. The average Bonchev–Trinajstić information content (AvgIpc) is 3.16. The van der Waals surface area contributed by atoms with Gasteiger partial charge in [-0.1, -0.05) is 67.6 Å². The maximum Gasteiger partial charge on any atom is 0.335 e. The van der Waals surface area contributed by atoms with Gasteiger partial charge in [-0.05, 0) is 120 Å². The molecule has 4 aromatic rings. The number of hydrogen-bond acceptors (Lipinski definition) is 6. The summed E-state index contributed by atoms with van der Waals surface area (Å²) in [6, 6.07) is 31.3. The molecule has 1 aliphatic heterocycles. The minimum Gasteiger partial charge on any atom is -0.478 e. The smallest absolute Gasteiger partial charge is 0.335 e. The first-order chi connectivity index (χ1) is 25.7. The molecule has 4 aliphatic carbocycles. The Kier molecular flexibility index (Phi) is 10.4. The van der Waals surface area contributed by atoms with E-state index in [1.807, 2.05) is 54.6 Å². The number of carboxylic acids is 1. The number of hydrogen-bond donors (Lipinski definition) is 4. The predicted octanol–water partition coefficient (Wildman–Crippen LogP) is 8.90. The van der Waals surface area contributed by atoms with Crippen LogP contribution in [0.5, 0.6) is 0 Å². The highest BCUT2D eigenvalue weighted by atomic mass is 32.2. The fraction of sp³-hybridized carbons (Fsp3) is 0.409. The van der Waals surface area contributed by atoms with Crippen molar-refractivity contribution in [2.24, 2.45) is 23.7 Å². The Morgan fingerprint density at radius 2 is 1.45 bits per heavy atom. The van der Waals surface area contributed by atoms with E-state index in [4.69, 9.17) is 9.47 Å². The van der Waals surface area contributed by atoms with E-state index < -0.39 is 12.3 Å². The zero-order chi connectivity index (χ0) is 36.5. The Morgan fingerprint density at radius 3 is 2.11 bits per heavy atom. The number of carboxylic acid groups (broad SMARTS) is 1. The number of aliphatic hydroxyl groups is 1. The molecular weight excluding hydrogens is 685 g/mol. The van der Waals surface area contributed by atoms with E-state index in [0.29, 0.717) is 12.3 Å².